The number of carbonyl (C=O) groups is 1. The molecule has 10 heteroatoms. The Hall–Kier alpha value is -1.61. The lowest BCUT2D eigenvalue weighted by molar-refractivity contribution is 0.0950. The fourth-order valence-electron chi connectivity index (χ4n) is 2.54. The number of benzene rings is 1. The number of rotatable bonds is 8. The number of carbonyl (C=O) groups excluding carboxylic acids is 1. The predicted molar refractivity (Wildman–Crippen MR) is 106 cm³/mol. The molecule has 2 aromatic rings. The molecule has 0 aliphatic carbocycles. The number of sulfonamides is 1. The molecule has 148 valence electrons. The molecule has 27 heavy (non-hydrogen) atoms. The molecule has 0 radical (unpaired) electrons. The lowest BCUT2D eigenvalue weighted by atomic mass is 10.2. The second-order valence-corrected chi connectivity index (χ2v) is 8.42. The van der Waals surface area contributed by atoms with Gasteiger partial charge in [-0.05, 0) is 25.1 Å². The van der Waals surface area contributed by atoms with E-state index in [2.05, 4.69) is 10.4 Å². The first kappa shape index (κ1) is 21.7. The van der Waals surface area contributed by atoms with E-state index < -0.39 is 15.9 Å². The number of hydrogen-bond donors (Lipinski definition) is 1. The Bertz CT molecular complexity index is 924. The maximum absolute atomic E-state index is 12.8. The number of aryl methyl sites for hydroxylation is 1. The number of aromatic nitrogens is 2. The van der Waals surface area contributed by atoms with Crippen molar-refractivity contribution in [2.75, 3.05) is 13.1 Å². The minimum absolute atomic E-state index is 0.0230. The molecule has 1 amide bonds. The summed E-state index contributed by atoms with van der Waals surface area (Å²) in [5, 5.41) is 7.03. The summed E-state index contributed by atoms with van der Waals surface area (Å²) < 4.78 is 28.5. The van der Waals surface area contributed by atoms with Gasteiger partial charge in [0, 0.05) is 25.8 Å². The number of halogens is 2. The molecule has 7 nitrogen and oxygen atoms in total. The molecule has 0 aliphatic rings. The first-order valence-electron chi connectivity index (χ1n) is 8.54. The fraction of sp³-hybridized carbons (Fsp3) is 0.412. The average molecular weight is 433 g/mol. The van der Waals surface area contributed by atoms with Crippen molar-refractivity contribution >= 4 is 39.1 Å². The van der Waals surface area contributed by atoms with Crippen LogP contribution in [-0.4, -0.2) is 41.5 Å². The van der Waals surface area contributed by atoms with Gasteiger partial charge in [-0.3, -0.25) is 9.48 Å². The SMILES string of the molecule is CCN(CC)S(=O)(=O)c1cc(C(=O)NCc2ccn(CC)n2)c(Cl)cc1Cl. The zero-order valence-corrected chi connectivity index (χ0v) is 17.7. The van der Waals surface area contributed by atoms with Gasteiger partial charge in [-0.2, -0.15) is 9.40 Å². The highest BCUT2D eigenvalue weighted by atomic mass is 35.5. The summed E-state index contributed by atoms with van der Waals surface area (Å²) in [4.78, 5) is 12.4. The summed E-state index contributed by atoms with van der Waals surface area (Å²) in [6.07, 6.45) is 1.81. The zero-order chi connectivity index (χ0) is 20.2. The molecular formula is C17H22Cl2N4O3S. The third-order valence-corrected chi connectivity index (χ3v) is 6.87. The molecule has 1 aromatic heterocycles. The molecule has 1 heterocycles. The monoisotopic (exact) mass is 432 g/mol. The molecule has 0 bridgehead atoms. The summed E-state index contributed by atoms with van der Waals surface area (Å²) in [5.74, 6) is -0.501. The van der Waals surface area contributed by atoms with Crippen LogP contribution in [0.15, 0.2) is 29.3 Å². The molecule has 0 saturated heterocycles. The van der Waals surface area contributed by atoms with E-state index in [-0.39, 0.29) is 27.0 Å². The van der Waals surface area contributed by atoms with Crippen LogP contribution in [0.1, 0.15) is 36.8 Å². The average Bonchev–Trinajstić information content (AvgIpc) is 3.08. The third kappa shape index (κ3) is 4.82. The Labute approximate surface area is 169 Å². The highest BCUT2D eigenvalue weighted by Gasteiger charge is 2.27. The predicted octanol–water partition coefficient (Wildman–Crippen LogP) is 3.17. The van der Waals surface area contributed by atoms with Gasteiger partial charge in [0.1, 0.15) is 4.90 Å². The Morgan fingerprint density at radius 2 is 1.85 bits per heavy atom. The van der Waals surface area contributed by atoms with E-state index in [1.54, 1.807) is 24.6 Å². The van der Waals surface area contributed by atoms with Crippen molar-refractivity contribution < 1.29 is 13.2 Å². The van der Waals surface area contributed by atoms with Gasteiger partial charge in [-0.15, -0.1) is 0 Å². The largest absolute Gasteiger partial charge is 0.346 e. The minimum atomic E-state index is -3.82. The second kappa shape index (κ2) is 9.05. The van der Waals surface area contributed by atoms with Gasteiger partial charge in [0.05, 0.1) is 27.8 Å². The summed E-state index contributed by atoms with van der Waals surface area (Å²) in [7, 11) is -3.82. The summed E-state index contributed by atoms with van der Waals surface area (Å²) in [5.41, 5.74) is 0.730. The minimum Gasteiger partial charge on any atom is -0.346 e. The van der Waals surface area contributed by atoms with Crippen LogP contribution in [-0.2, 0) is 23.1 Å². The molecule has 0 fully saturated rings. The van der Waals surface area contributed by atoms with Crippen molar-refractivity contribution in [1.82, 2.24) is 19.4 Å². The maximum atomic E-state index is 12.8. The standard InChI is InChI=1S/C17H22Cl2N4O3S/c1-4-22-8-7-12(21-22)11-20-17(24)13-9-16(15(19)10-14(13)18)27(25,26)23(5-2)6-3/h7-10H,4-6,11H2,1-3H3,(H,20,24). The Balaban J connectivity index is 2.30. The van der Waals surface area contributed by atoms with Crippen LogP contribution < -0.4 is 5.32 Å². The molecule has 0 atom stereocenters. The van der Waals surface area contributed by atoms with Gasteiger partial charge in [0.2, 0.25) is 10.0 Å². The van der Waals surface area contributed by atoms with Gasteiger partial charge < -0.3 is 5.32 Å². The Morgan fingerprint density at radius 3 is 2.41 bits per heavy atom. The van der Waals surface area contributed by atoms with E-state index in [1.165, 1.54) is 16.4 Å². The van der Waals surface area contributed by atoms with Crippen LogP contribution in [0.5, 0.6) is 0 Å². The van der Waals surface area contributed by atoms with Crippen molar-refractivity contribution in [2.45, 2.75) is 38.8 Å². The number of amides is 1. The molecule has 2 rings (SSSR count). The molecule has 0 unspecified atom stereocenters. The van der Waals surface area contributed by atoms with Gasteiger partial charge in [-0.25, -0.2) is 8.42 Å². The van der Waals surface area contributed by atoms with E-state index in [4.69, 9.17) is 23.2 Å². The smallest absolute Gasteiger partial charge is 0.253 e. The maximum Gasteiger partial charge on any atom is 0.253 e. The summed E-state index contributed by atoms with van der Waals surface area (Å²) in [6, 6.07) is 4.29. The molecular weight excluding hydrogens is 411 g/mol. The summed E-state index contributed by atoms with van der Waals surface area (Å²) >= 11 is 12.2. The van der Waals surface area contributed by atoms with Crippen molar-refractivity contribution in [3.05, 3.63) is 45.7 Å². The first-order valence-corrected chi connectivity index (χ1v) is 10.7. The van der Waals surface area contributed by atoms with E-state index >= 15 is 0 Å². The highest BCUT2D eigenvalue weighted by Crippen LogP contribution is 2.30. The Kier molecular flexibility index (Phi) is 7.27. The lowest BCUT2D eigenvalue weighted by Gasteiger charge is -2.20. The number of hydrogen-bond acceptors (Lipinski definition) is 4. The molecule has 1 aromatic carbocycles. The molecule has 1 N–H and O–H groups in total. The highest BCUT2D eigenvalue weighted by molar-refractivity contribution is 7.89. The molecule has 0 saturated carbocycles. The topological polar surface area (TPSA) is 84.3 Å². The fourth-order valence-corrected chi connectivity index (χ4v) is 4.84. The number of nitrogens with one attached hydrogen (secondary N) is 1. The number of nitrogens with zero attached hydrogens (tertiary/aromatic N) is 3. The summed E-state index contributed by atoms with van der Waals surface area (Å²) in [6.45, 7) is 6.92. The quantitative estimate of drug-likeness (QED) is 0.693. The van der Waals surface area contributed by atoms with E-state index in [0.717, 1.165) is 6.54 Å². The zero-order valence-electron chi connectivity index (χ0n) is 15.4. The Morgan fingerprint density at radius 1 is 1.19 bits per heavy atom. The van der Waals surface area contributed by atoms with E-state index in [0.29, 0.717) is 18.8 Å². The van der Waals surface area contributed by atoms with Crippen LogP contribution in [0.2, 0.25) is 10.0 Å². The first-order chi connectivity index (χ1) is 12.7. The second-order valence-electron chi connectivity index (χ2n) is 5.70. The van der Waals surface area contributed by atoms with Gasteiger partial charge in [-0.1, -0.05) is 37.0 Å². The van der Waals surface area contributed by atoms with Crippen molar-refractivity contribution in [3.8, 4) is 0 Å². The van der Waals surface area contributed by atoms with E-state index in [1.807, 2.05) is 13.1 Å². The van der Waals surface area contributed by atoms with Crippen molar-refractivity contribution in [3.63, 3.8) is 0 Å². The van der Waals surface area contributed by atoms with E-state index in [9.17, 15) is 13.2 Å². The van der Waals surface area contributed by atoms with Crippen LogP contribution in [0.4, 0.5) is 0 Å². The van der Waals surface area contributed by atoms with Crippen LogP contribution in [0, 0.1) is 0 Å². The third-order valence-electron chi connectivity index (χ3n) is 4.04. The molecule has 0 aliphatic heterocycles. The normalized spacial score (nSPS) is 11.8. The van der Waals surface area contributed by atoms with Gasteiger partial charge in [0.15, 0.2) is 0 Å². The van der Waals surface area contributed by atoms with Gasteiger partial charge in [0.25, 0.3) is 5.91 Å². The van der Waals surface area contributed by atoms with Gasteiger partial charge >= 0.3 is 0 Å². The van der Waals surface area contributed by atoms with Crippen molar-refractivity contribution in [2.24, 2.45) is 0 Å². The van der Waals surface area contributed by atoms with Crippen molar-refractivity contribution in [1.29, 1.82) is 0 Å². The lowest BCUT2D eigenvalue weighted by Crippen LogP contribution is -2.31. The molecule has 0 spiro atoms. The van der Waals surface area contributed by atoms with Crippen LogP contribution in [0.25, 0.3) is 0 Å². The van der Waals surface area contributed by atoms with Crippen LogP contribution >= 0.6 is 23.2 Å². The van der Waals surface area contributed by atoms with Crippen LogP contribution in [0.3, 0.4) is 0 Å².